The summed E-state index contributed by atoms with van der Waals surface area (Å²) in [4.78, 5) is 38.7. The van der Waals surface area contributed by atoms with E-state index in [1.165, 1.54) is 25.3 Å². The standard InChI is InChI=1S/C54H70F3NO8/c1-40(2)37-52(5,39-53(6,41(3)4)51(61)66-35-17-13-12-15-33-63-47-27-20-42(21-28-47)22-31-49(59)62-7)50(60)65-34-16-11-9-8-10-14-32-64-48-29-23-44(24-30-48)45(38-58)36-43-18-25-46(26-19-43)54(55,56)57/h18-31,36,40-41H,8-17,32-35,37,39H2,1-7H3/b31-22+,45-36+. The van der Waals surface area contributed by atoms with Crippen molar-refractivity contribution in [3.8, 4) is 17.6 Å². The Morgan fingerprint density at radius 2 is 1.12 bits per heavy atom. The van der Waals surface area contributed by atoms with Crippen molar-refractivity contribution in [1.29, 1.82) is 5.26 Å². The fourth-order valence-corrected chi connectivity index (χ4v) is 7.72. The minimum Gasteiger partial charge on any atom is -0.494 e. The van der Waals surface area contributed by atoms with Crippen molar-refractivity contribution in [2.45, 2.75) is 125 Å². The molecular weight excluding hydrogens is 848 g/mol. The molecule has 0 saturated heterocycles. The van der Waals surface area contributed by atoms with Crippen molar-refractivity contribution in [3.63, 3.8) is 0 Å². The van der Waals surface area contributed by atoms with Gasteiger partial charge < -0.3 is 23.7 Å². The van der Waals surface area contributed by atoms with E-state index in [-0.39, 0.29) is 23.8 Å². The van der Waals surface area contributed by atoms with Crippen molar-refractivity contribution >= 4 is 35.6 Å². The first-order valence-electron chi connectivity index (χ1n) is 23.3. The minimum absolute atomic E-state index is 0.0541. The molecule has 2 unspecified atom stereocenters. The van der Waals surface area contributed by atoms with Crippen molar-refractivity contribution in [2.75, 3.05) is 33.5 Å². The number of nitrogens with zero attached hydrogens (tertiary/aromatic N) is 1. The zero-order valence-corrected chi connectivity index (χ0v) is 40.0. The fraction of sp³-hybridized carbons (Fsp3) is 0.519. The van der Waals surface area contributed by atoms with Gasteiger partial charge in [0.05, 0.1) is 61.6 Å². The van der Waals surface area contributed by atoms with Crippen LogP contribution < -0.4 is 9.47 Å². The number of carbonyl (C=O) groups is 3. The van der Waals surface area contributed by atoms with Gasteiger partial charge >= 0.3 is 24.1 Å². The first-order chi connectivity index (χ1) is 31.4. The summed E-state index contributed by atoms with van der Waals surface area (Å²) in [6.07, 6.45) is 10.1. The van der Waals surface area contributed by atoms with Gasteiger partial charge in [0.25, 0.3) is 0 Å². The SMILES string of the molecule is COC(=O)/C=C/c1ccc(OCCCCCCOC(=O)C(C)(CC(C)(CC(C)C)C(=O)OCCCCCCCCOc2ccc(/C(C#N)=C/c3ccc(C(F)(F)F)cc3)cc2)C(C)C)cc1. The maximum atomic E-state index is 13.7. The van der Waals surface area contributed by atoms with Gasteiger partial charge in [-0.1, -0.05) is 77.6 Å². The number of allylic oxidation sites excluding steroid dienone is 1. The Morgan fingerprint density at radius 1 is 0.652 bits per heavy atom. The number of hydrogen-bond donors (Lipinski definition) is 0. The van der Waals surface area contributed by atoms with E-state index in [1.54, 1.807) is 36.4 Å². The molecule has 0 bridgehead atoms. The number of hydrogen-bond acceptors (Lipinski definition) is 9. The van der Waals surface area contributed by atoms with Crippen LogP contribution in [0.1, 0.15) is 141 Å². The van der Waals surface area contributed by atoms with Crippen LogP contribution in [0, 0.1) is 34.0 Å². The van der Waals surface area contributed by atoms with Crippen molar-refractivity contribution < 1.29 is 51.2 Å². The molecule has 66 heavy (non-hydrogen) atoms. The van der Waals surface area contributed by atoms with Gasteiger partial charge in [-0.25, -0.2) is 4.79 Å². The summed E-state index contributed by atoms with van der Waals surface area (Å²) in [5, 5.41) is 9.65. The third-order valence-corrected chi connectivity index (χ3v) is 11.8. The van der Waals surface area contributed by atoms with Crippen molar-refractivity contribution in [1.82, 2.24) is 0 Å². The Bertz CT molecular complexity index is 2040. The maximum Gasteiger partial charge on any atom is 0.416 e. The van der Waals surface area contributed by atoms with E-state index in [0.717, 1.165) is 87.7 Å². The molecule has 0 aromatic heterocycles. The largest absolute Gasteiger partial charge is 0.494 e. The quantitative estimate of drug-likeness (QED) is 0.0167. The highest BCUT2D eigenvalue weighted by Gasteiger charge is 2.48. The lowest BCUT2D eigenvalue weighted by Gasteiger charge is -2.39. The van der Waals surface area contributed by atoms with Gasteiger partial charge in [-0.05, 0) is 154 Å². The van der Waals surface area contributed by atoms with Crippen LogP contribution in [0.15, 0.2) is 78.9 Å². The van der Waals surface area contributed by atoms with E-state index in [9.17, 15) is 32.8 Å². The predicted octanol–water partition coefficient (Wildman–Crippen LogP) is 13.5. The summed E-state index contributed by atoms with van der Waals surface area (Å²) in [7, 11) is 1.34. The second-order valence-corrected chi connectivity index (χ2v) is 18.2. The molecule has 0 aliphatic heterocycles. The summed E-state index contributed by atoms with van der Waals surface area (Å²) < 4.78 is 66.8. The molecule has 0 heterocycles. The molecule has 0 aliphatic rings. The molecule has 9 nitrogen and oxygen atoms in total. The molecule has 0 radical (unpaired) electrons. The molecule has 360 valence electrons. The van der Waals surface area contributed by atoms with E-state index in [4.69, 9.17) is 18.9 Å². The van der Waals surface area contributed by atoms with Gasteiger partial charge in [-0.3, -0.25) is 9.59 Å². The average Bonchev–Trinajstić information content (AvgIpc) is 3.28. The van der Waals surface area contributed by atoms with Crippen molar-refractivity contribution in [3.05, 3.63) is 101 Å². The van der Waals surface area contributed by atoms with Crippen LogP contribution in [0.5, 0.6) is 11.5 Å². The van der Waals surface area contributed by atoms with E-state index in [2.05, 4.69) is 24.7 Å². The molecule has 3 aromatic rings. The van der Waals surface area contributed by atoms with Gasteiger partial charge in [0.2, 0.25) is 0 Å². The second-order valence-electron chi connectivity index (χ2n) is 18.2. The van der Waals surface area contributed by atoms with Crippen LogP contribution in [0.25, 0.3) is 17.7 Å². The van der Waals surface area contributed by atoms with E-state index < -0.39 is 28.5 Å². The van der Waals surface area contributed by atoms with E-state index in [1.807, 2.05) is 52.0 Å². The zero-order valence-electron chi connectivity index (χ0n) is 40.0. The zero-order chi connectivity index (χ0) is 48.6. The molecule has 0 saturated carbocycles. The Morgan fingerprint density at radius 3 is 1.59 bits per heavy atom. The predicted molar refractivity (Wildman–Crippen MR) is 253 cm³/mol. The molecule has 3 aromatic carbocycles. The number of rotatable bonds is 29. The van der Waals surface area contributed by atoms with Crippen LogP contribution in [0.4, 0.5) is 13.2 Å². The first kappa shape index (κ1) is 54.8. The van der Waals surface area contributed by atoms with Crippen LogP contribution in [-0.2, 0) is 34.8 Å². The van der Waals surface area contributed by atoms with Crippen LogP contribution in [0.3, 0.4) is 0 Å². The minimum atomic E-state index is -4.42. The van der Waals surface area contributed by atoms with Gasteiger partial charge in [-0.2, -0.15) is 18.4 Å². The molecule has 3 rings (SSSR count). The van der Waals surface area contributed by atoms with Crippen LogP contribution in [-0.4, -0.2) is 51.4 Å². The number of benzene rings is 3. The number of carbonyl (C=O) groups excluding carboxylic acids is 3. The highest BCUT2D eigenvalue weighted by Crippen LogP contribution is 2.45. The molecule has 0 fully saturated rings. The fourth-order valence-electron chi connectivity index (χ4n) is 7.72. The third-order valence-electron chi connectivity index (χ3n) is 11.8. The smallest absolute Gasteiger partial charge is 0.416 e. The van der Waals surface area contributed by atoms with Gasteiger partial charge in [0.1, 0.15) is 11.5 Å². The normalized spacial score (nSPS) is 13.8. The summed E-state index contributed by atoms with van der Waals surface area (Å²) in [6, 6.07) is 21.3. The molecule has 2 atom stereocenters. The monoisotopic (exact) mass is 918 g/mol. The molecule has 0 N–H and O–H groups in total. The number of ether oxygens (including phenoxy) is 5. The highest BCUT2D eigenvalue weighted by atomic mass is 19.4. The van der Waals surface area contributed by atoms with Crippen molar-refractivity contribution in [2.24, 2.45) is 22.7 Å². The molecule has 0 aliphatic carbocycles. The first-order valence-corrected chi connectivity index (χ1v) is 23.3. The summed E-state index contributed by atoms with van der Waals surface area (Å²) in [5.41, 5.74) is -0.113. The Hall–Kier alpha value is -5.57. The summed E-state index contributed by atoms with van der Waals surface area (Å²) in [5.74, 6) is 0.632. The number of esters is 3. The Labute approximate surface area is 390 Å². The average molecular weight is 918 g/mol. The number of unbranched alkanes of at least 4 members (excludes halogenated alkanes) is 8. The number of alkyl halides is 3. The van der Waals surface area contributed by atoms with Crippen LogP contribution >= 0.6 is 0 Å². The topological polar surface area (TPSA) is 121 Å². The molecule has 12 heteroatoms. The third kappa shape index (κ3) is 19.1. The number of methoxy groups -OCH3 is 1. The molecule has 0 spiro atoms. The Balaban J connectivity index is 1.33. The highest BCUT2D eigenvalue weighted by molar-refractivity contribution is 5.89. The van der Waals surface area contributed by atoms with E-state index in [0.29, 0.717) is 61.7 Å². The maximum absolute atomic E-state index is 13.7. The van der Waals surface area contributed by atoms with Gasteiger partial charge in [-0.15, -0.1) is 0 Å². The number of halogens is 3. The lowest BCUT2D eigenvalue weighted by Crippen LogP contribution is -2.44. The lowest BCUT2D eigenvalue weighted by molar-refractivity contribution is -0.167. The lowest BCUT2D eigenvalue weighted by atomic mass is 9.65. The summed E-state index contributed by atoms with van der Waals surface area (Å²) >= 11 is 0. The van der Waals surface area contributed by atoms with Crippen LogP contribution in [0.2, 0.25) is 0 Å². The Kier molecular flexibility index (Phi) is 23.1. The van der Waals surface area contributed by atoms with E-state index >= 15 is 0 Å². The molecule has 0 amide bonds. The second kappa shape index (κ2) is 27.8. The number of nitriles is 1. The summed E-state index contributed by atoms with van der Waals surface area (Å²) in [6.45, 7) is 13.7. The molecular formula is C54H70F3NO8. The van der Waals surface area contributed by atoms with Gasteiger partial charge in [0, 0.05) is 6.08 Å². The van der Waals surface area contributed by atoms with Gasteiger partial charge in [0.15, 0.2) is 0 Å².